The maximum Gasteiger partial charge on any atom is 0.295 e. The third-order valence-corrected chi connectivity index (χ3v) is 9.13. The van der Waals surface area contributed by atoms with Crippen molar-refractivity contribution in [3.8, 4) is 28.1 Å². The minimum absolute atomic E-state index is 0.0149. The molecule has 200 valence electrons. The standard InChI is InChI=1S/C27H24N4O6S2/c1-3-38(32,33)21-9-6-17(7-10-21)22-14-19-13-18(8-11-23(19)30-26(22)28)20-15-24(27(36-2)29-16-20)31-39(34,35)25-5-4-12-37-25/h4-16,31H,3H2,1-2H3,(H2,28,30). The number of hydrogen-bond donors (Lipinski definition) is 2. The summed E-state index contributed by atoms with van der Waals surface area (Å²) in [5.41, 5.74) is 9.80. The number of rotatable bonds is 8. The number of sulfone groups is 1. The third-order valence-electron chi connectivity index (χ3n) is 6.13. The zero-order valence-corrected chi connectivity index (χ0v) is 22.6. The van der Waals surface area contributed by atoms with E-state index in [1.54, 1.807) is 49.5 Å². The predicted octanol–water partition coefficient (Wildman–Crippen LogP) is 4.74. The molecular formula is C27H24N4O6S2. The van der Waals surface area contributed by atoms with E-state index in [1.165, 1.54) is 25.5 Å². The van der Waals surface area contributed by atoms with Crippen LogP contribution in [0.1, 0.15) is 6.92 Å². The Morgan fingerprint density at radius 3 is 2.36 bits per heavy atom. The van der Waals surface area contributed by atoms with Crippen LogP contribution >= 0.6 is 0 Å². The number of hydrogen-bond acceptors (Lipinski definition) is 9. The summed E-state index contributed by atoms with van der Waals surface area (Å²) in [5.74, 6) is 0.420. The van der Waals surface area contributed by atoms with Crippen LogP contribution in [0.25, 0.3) is 33.2 Å². The quantitative estimate of drug-likeness (QED) is 0.272. The highest BCUT2D eigenvalue weighted by Gasteiger charge is 2.21. The fraction of sp³-hybridized carbons (Fsp3) is 0.111. The van der Waals surface area contributed by atoms with Gasteiger partial charge in [0.25, 0.3) is 10.0 Å². The molecule has 0 aliphatic carbocycles. The molecule has 3 aromatic heterocycles. The summed E-state index contributed by atoms with van der Waals surface area (Å²) in [7, 11) is -5.92. The van der Waals surface area contributed by atoms with Crippen LogP contribution in [0.15, 0.2) is 93.6 Å². The van der Waals surface area contributed by atoms with Gasteiger partial charge in [0.05, 0.1) is 29.5 Å². The molecule has 0 spiro atoms. The highest BCUT2D eigenvalue weighted by atomic mass is 32.2. The highest BCUT2D eigenvalue weighted by molar-refractivity contribution is 7.92. The first-order valence-corrected chi connectivity index (χ1v) is 14.9. The zero-order valence-electron chi connectivity index (χ0n) is 21.0. The van der Waals surface area contributed by atoms with Crippen molar-refractivity contribution in [2.75, 3.05) is 23.3 Å². The van der Waals surface area contributed by atoms with Crippen molar-refractivity contribution in [2.24, 2.45) is 0 Å². The molecule has 0 aliphatic heterocycles. The van der Waals surface area contributed by atoms with Crippen LogP contribution in [-0.4, -0.2) is 39.7 Å². The highest BCUT2D eigenvalue weighted by Crippen LogP contribution is 2.34. The first-order chi connectivity index (χ1) is 18.6. The van der Waals surface area contributed by atoms with Crippen LogP contribution < -0.4 is 15.2 Å². The smallest absolute Gasteiger partial charge is 0.295 e. The minimum Gasteiger partial charge on any atom is -0.480 e. The van der Waals surface area contributed by atoms with Crippen molar-refractivity contribution in [3.63, 3.8) is 0 Å². The van der Waals surface area contributed by atoms with E-state index >= 15 is 0 Å². The van der Waals surface area contributed by atoms with Gasteiger partial charge in [-0.25, -0.2) is 18.4 Å². The molecule has 39 heavy (non-hydrogen) atoms. The van der Waals surface area contributed by atoms with Crippen LogP contribution in [-0.2, 0) is 19.9 Å². The molecule has 0 amide bonds. The molecule has 0 bridgehead atoms. The molecule has 3 N–H and O–H groups in total. The maximum absolute atomic E-state index is 12.7. The van der Waals surface area contributed by atoms with Crippen molar-refractivity contribution in [1.82, 2.24) is 9.97 Å². The Morgan fingerprint density at radius 1 is 0.949 bits per heavy atom. The van der Waals surface area contributed by atoms with Crippen molar-refractivity contribution in [2.45, 2.75) is 16.9 Å². The minimum atomic E-state index is -3.99. The maximum atomic E-state index is 12.7. The van der Waals surface area contributed by atoms with Crippen molar-refractivity contribution in [1.29, 1.82) is 0 Å². The van der Waals surface area contributed by atoms with Crippen molar-refractivity contribution in [3.05, 3.63) is 79.2 Å². The first kappa shape index (κ1) is 26.2. The average molecular weight is 565 g/mol. The van der Waals surface area contributed by atoms with Gasteiger partial charge in [0.2, 0.25) is 11.0 Å². The number of methoxy groups -OCH3 is 1. The normalized spacial score (nSPS) is 11.9. The van der Waals surface area contributed by atoms with Crippen LogP contribution in [0.5, 0.6) is 5.88 Å². The molecule has 3 heterocycles. The van der Waals surface area contributed by atoms with Gasteiger partial charge >= 0.3 is 0 Å². The van der Waals surface area contributed by atoms with E-state index in [9.17, 15) is 16.8 Å². The molecule has 2 aromatic carbocycles. The Labute approximate surface area is 225 Å². The lowest BCUT2D eigenvalue weighted by molar-refractivity contribution is 0.400. The van der Waals surface area contributed by atoms with Crippen molar-refractivity contribution < 1.29 is 26.0 Å². The number of sulfonamides is 1. The van der Waals surface area contributed by atoms with E-state index in [1.807, 2.05) is 18.2 Å². The molecule has 0 aliphatic rings. The second-order valence-corrected chi connectivity index (χ2v) is 12.5. The Hall–Kier alpha value is -4.42. The number of benzene rings is 2. The second kappa shape index (κ2) is 10.0. The lowest BCUT2D eigenvalue weighted by Crippen LogP contribution is -2.13. The first-order valence-electron chi connectivity index (χ1n) is 11.8. The zero-order chi connectivity index (χ0) is 27.8. The summed E-state index contributed by atoms with van der Waals surface area (Å²) in [6.07, 6.45) is 2.84. The molecule has 0 saturated carbocycles. The van der Waals surface area contributed by atoms with Gasteiger partial charge < -0.3 is 14.9 Å². The summed E-state index contributed by atoms with van der Waals surface area (Å²) in [5, 5.41) is 0.535. The topological polar surface area (TPSA) is 154 Å². The number of anilines is 2. The van der Waals surface area contributed by atoms with E-state index in [2.05, 4.69) is 14.7 Å². The monoisotopic (exact) mass is 564 g/mol. The molecular weight excluding hydrogens is 540 g/mol. The Kier molecular flexibility index (Phi) is 6.74. The predicted molar refractivity (Wildman–Crippen MR) is 149 cm³/mol. The van der Waals surface area contributed by atoms with E-state index in [0.29, 0.717) is 22.5 Å². The van der Waals surface area contributed by atoms with E-state index in [0.717, 1.165) is 16.5 Å². The summed E-state index contributed by atoms with van der Waals surface area (Å²) in [4.78, 5) is 9.03. The second-order valence-electron chi connectivity index (χ2n) is 8.57. The van der Waals surface area contributed by atoms with Gasteiger partial charge in [0.1, 0.15) is 11.5 Å². The average Bonchev–Trinajstić information content (AvgIpc) is 3.49. The summed E-state index contributed by atoms with van der Waals surface area (Å²) >= 11 is 0. The number of aromatic nitrogens is 2. The van der Waals surface area contributed by atoms with Gasteiger partial charge in [-0.3, -0.25) is 4.72 Å². The molecule has 0 radical (unpaired) electrons. The molecule has 5 aromatic rings. The molecule has 0 saturated heterocycles. The van der Waals surface area contributed by atoms with Crippen LogP contribution in [0.4, 0.5) is 11.5 Å². The molecule has 12 heteroatoms. The van der Waals surface area contributed by atoms with Crippen LogP contribution in [0, 0.1) is 0 Å². The Bertz CT molecular complexity index is 1890. The lowest BCUT2D eigenvalue weighted by Gasteiger charge is -2.13. The largest absolute Gasteiger partial charge is 0.480 e. The van der Waals surface area contributed by atoms with Gasteiger partial charge in [-0.2, -0.15) is 8.42 Å². The number of pyridine rings is 2. The van der Waals surface area contributed by atoms with Crippen LogP contribution in [0.2, 0.25) is 0 Å². The molecule has 0 atom stereocenters. The Morgan fingerprint density at radius 2 is 1.69 bits per heavy atom. The van der Waals surface area contributed by atoms with Crippen LogP contribution in [0.3, 0.4) is 0 Å². The summed E-state index contributed by atoms with van der Waals surface area (Å²) in [6, 6.07) is 18.3. The number of nitrogen functional groups attached to an aromatic ring is 1. The molecule has 0 unspecified atom stereocenters. The third kappa shape index (κ3) is 5.16. The lowest BCUT2D eigenvalue weighted by atomic mass is 10.0. The van der Waals surface area contributed by atoms with Crippen molar-refractivity contribution >= 4 is 42.3 Å². The fourth-order valence-corrected chi connectivity index (χ4v) is 5.93. The fourth-order valence-electron chi connectivity index (χ4n) is 4.07. The number of nitrogens with zero attached hydrogens (tertiary/aromatic N) is 2. The number of fused-ring (bicyclic) bond motifs is 1. The molecule has 10 nitrogen and oxygen atoms in total. The van der Waals surface area contributed by atoms with E-state index in [4.69, 9.17) is 14.9 Å². The van der Waals surface area contributed by atoms with Gasteiger partial charge in [0.15, 0.2) is 9.84 Å². The Balaban J connectivity index is 1.53. The van der Waals surface area contributed by atoms with Gasteiger partial charge in [-0.05, 0) is 59.7 Å². The SMILES string of the molecule is CCS(=O)(=O)c1ccc(-c2cc3cc(-c4cnc(OC)c(NS(=O)(=O)c5ccco5)c4)ccc3nc2N)cc1. The molecule has 5 rings (SSSR count). The summed E-state index contributed by atoms with van der Waals surface area (Å²) < 4.78 is 62.5. The van der Waals surface area contributed by atoms with Gasteiger partial charge in [-0.1, -0.05) is 25.1 Å². The number of nitrogens with one attached hydrogen (secondary N) is 1. The molecule has 0 fully saturated rings. The summed E-state index contributed by atoms with van der Waals surface area (Å²) in [6.45, 7) is 1.60. The van der Waals surface area contributed by atoms with E-state index < -0.39 is 19.9 Å². The number of ether oxygens (including phenoxy) is 1. The van der Waals surface area contributed by atoms with Gasteiger partial charge in [-0.15, -0.1) is 0 Å². The van der Waals surface area contributed by atoms with E-state index in [-0.39, 0.29) is 27.3 Å². The number of nitrogens with two attached hydrogens (primary N) is 1. The number of furan rings is 1. The van der Waals surface area contributed by atoms with Gasteiger partial charge in [0, 0.05) is 22.7 Å².